The minimum absolute atomic E-state index is 0.202. The monoisotopic (exact) mass is 244 g/mol. The van der Waals surface area contributed by atoms with E-state index in [1.165, 1.54) is 11.1 Å². The van der Waals surface area contributed by atoms with Gasteiger partial charge in [0.1, 0.15) is 0 Å². The van der Waals surface area contributed by atoms with Crippen molar-refractivity contribution in [1.29, 1.82) is 0 Å². The van der Waals surface area contributed by atoms with E-state index in [-0.39, 0.29) is 11.5 Å². The molecule has 0 amide bonds. The Balaban J connectivity index is 1.94. The van der Waals surface area contributed by atoms with E-state index in [9.17, 15) is 5.11 Å². The van der Waals surface area contributed by atoms with E-state index < -0.39 is 0 Å². The molecule has 1 atom stereocenters. The van der Waals surface area contributed by atoms with Crippen LogP contribution >= 0.6 is 0 Å². The first-order chi connectivity index (χ1) is 8.80. The molecular weight excluding hydrogens is 224 g/mol. The van der Waals surface area contributed by atoms with Gasteiger partial charge in [0.25, 0.3) is 0 Å². The molecule has 1 N–H and O–H groups in total. The first kappa shape index (κ1) is 11.9. The maximum atomic E-state index is 10.3. The summed E-state index contributed by atoms with van der Waals surface area (Å²) in [6.45, 7) is 1.66. The Morgan fingerprint density at radius 2 is 1.83 bits per heavy atom. The van der Waals surface area contributed by atoms with Crippen LogP contribution in [0.2, 0.25) is 0 Å². The number of aliphatic hydroxyl groups is 1. The highest BCUT2D eigenvalue weighted by Gasteiger charge is 2.43. The Hall–Kier alpha value is -1.12. The number of hydrogen-bond donors (Lipinski definition) is 1. The standard InChI is InChI=1S/C16H20O2/c17-15-6-7-16(8-10-18-11-9-16)14(15)12-13-4-2-1-3-5-13/h1-5,12,15,17H,6-11H2/b14-12+. The topological polar surface area (TPSA) is 29.5 Å². The van der Waals surface area contributed by atoms with Crippen molar-refractivity contribution < 1.29 is 9.84 Å². The zero-order chi connectivity index (χ0) is 12.4. The van der Waals surface area contributed by atoms with Crippen molar-refractivity contribution in [3.8, 4) is 0 Å². The van der Waals surface area contributed by atoms with Gasteiger partial charge in [-0.05, 0) is 42.2 Å². The van der Waals surface area contributed by atoms with Crippen LogP contribution in [-0.2, 0) is 4.74 Å². The van der Waals surface area contributed by atoms with Crippen molar-refractivity contribution in [3.05, 3.63) is 41.5 Å². The molecule has 1 spiro atoms. The molecule has 1 saturated heterocycles. The summed E-state index contributed by atoms with van der Waals surface area (Å²) in [5, 5.41) is 10.3. The second-order valence-electron chi connectivity index (χ2n) is 5.46. The second kappa shape index (κ2) is 4.87. The van der Waals surface area contributed by atoms with E-state index in [1.807, 2.05) is 18.2 Å². The SMILES string of the molecule is OC1CCC2(CCOCC2)/C1=C/c1ccccc1. The van der Waals surface area contributed by atoms with Crippen LogP contribution in [0.5, 0.6) is 0 Å². The van der Waals surface area contributed by atoms with Gasteiger partial charge in [0.2, 0.25) is 0 Å². The molecule has 1 aromatic rings. The van der Waals surface area contributed by atoms with Gasteiger partial charge in [0, 0.05) is 13.2 Å². The highest BCUT2D eigenvalue weighted by atomic mass is 16.5. The molecule has 1 heterocycles. The smallest absolute Gasteiger partial charge is 0.0759 e. The van der Waals surface area contributed by atoms with Gasteiger partial charge >= 0.3 is 0 Å². The number of aliphatic hydroxyl groups excluding tert-OH is 1. The van der Waals surface area contributed by atoms with Crippen LogP contribution in [0.1, 0.15) is 31.2 Å². The summed E-state index contributed by atoms with van der Waals surface area (Å²) in [7, 11) is 0. The van der Waals surface area contributed by atoms with Crippen LogP contribution in [0, 0.1) is 5.41 Å². The van der Waals surface area contributed by atoms with Gasteiger partial charge in [-0.25, -0.2) is 0 Å². The molecule has 1 unspecified atom stereocenters. The van der Waals surface area contributed by atoms with Crippen molar-refractivity contribution in [2.75, 3.05) is 13.2 Å². The Morgan fingerprint density at radius 1 is 1.11 bits per heavy atom. The van der Waals surface area contributed by atoms with Crippen molar-refractivity contribution >= 4 is 6.08 Å². The molecule has 2 heteroatoms. The maximum Gasteiger partial charge on any atom is 0.0759 e. The molecule has 18 heavy (non-hydrogen) atoms. The van der Waals surface area contributed by atoms with Gasteiger partial charge in [-0.3, -0.25) is 0 Å². The van der Waals surface area contributed by atoms with Crippen LogP contribution in [0.4, 0.5) is 0 Å². The van der Waals surface area contributed by atoms with Crippen LogP contribution in [0.3, 0.4) is 0 Å². The van der Waals surface area contributed by atoms with E-state index in [2.05, 4.69) is 18.2 Å². The minimum atomic E-state index is -0.261. The fourth-order valence-corrected chi connectivity index (χ4v) is 3.35. The van der Waals surface area contributed by atoms with Gasteiger partial charge in [0.15, 0.2) is 0 Å². The van der Waals surface area contributed by atoms with Gasteiger partial charge in [-0.15, -0.1) is 0 Å². The van der Waals surface area contributed by atoms with Crippen LogP contribution < -0.4 is 0 Å². The Morgan fingerprint density at radius 3 is 2.56 bits per heavy atom. The Bertz CT molecular complexity index is 424. The summed E-state index contributed by atoms with van der Waals surface area (Å²) in [6, 6.07) is 10.3. The molecule has 2 fully saturated rings. The van der Waals surface area contributed by atoms with Crippen molar-refractivity contribution in [3.63, 3.8) is 0 Å². The fourth-order valence-electron chi connectivity index (χ4n) is 3.35. The molecule has 0 aromatic heterocycles. The van der Waals surface area contributed by atoms with Gasteiger partial charge in [-0.2, -0.15) is 0 Å². The third-order valence-electron chi connectivity index (χ3n) is 4.44. The summed E-state index contributed by atoms with van der Waals surface area (Å²) in [5.41, 5.74) is 2.63. The maximum absolute atomic E-state index is 10.3. The molecule has 1 aromatic carbocycles. The fraction of sp³-hybridized carbons (Fsp3) is 0.500. The van der Waals surface area contributed by atoms with E-state index in [4.69, 9.17) is 4.74 Å². The molecule has 2 nitrogen and oxygen atoms in total. The molecule has 3 rings (SSSR count). The third kappa shape index (κ3) is 2.11. The van der Waals surface area contributed by atoms with Crippen molar-refractivity contribution in [2.24, 2.45) is 5.41 Å². The Labute approximate surface area is 108 Å². The van der Waals surface area contributed by atoms with Crippen LogP contribution in [0.15, 0.2) is 35.9 Å². The predicted molar refractivity (Wildman–Crippen MR) is 72.1 cm³/mol. The summed E-state index contributed by atoms with van der Waals surface area (Å²) in [4.78, 5) is 0. The van der Waals surface area contributed by atoms with E-state index in [0.29, 0.717) is 0 Å². The average molecular weight is 244 g/mol. The minimum Gasteiger partial charge on any atom is -0.389 e. The quantitative estimate of drug-likeness (QED) is 0.823. The molecule has 1 aliphatic heterocycles. The summed E-state index contributed by atoms with van der Waals surface area (Å²) in [6.07, 6.45) is 6.06. The summed E-state index contributed by atoms with van der Waals surface area (Å²) >= 11 is 0. The van der Waals surface area contributed by atoms with Crippen molar-refractivity contribution in [1.82, 2.24) is 0 Å². The first-order valence-electron chi connectivity index (χ1n) is 6.83. The molecule has 2 aliphatic rings. The van der Waals surface area contributed by atoms with Crippen LogP contribution in [-0.4, -0.2) is 24.4 Å². The zero-order valence-electron chi connectivity index (χ0n) is 10.6. The average Bonchev–Trinajstić information content (AvgIpc) is 2.71. The number of ether oxygens (including phenoxy) is 1. The number of benzene rings is 1. The lowest BCUT2D eigenvalue weighted by molar-refractivity contribution is 0.0341. The lowest BCUT2D eigenvalue weighted by Crippen LogP contribution is -2.29. The molecule has 0 radical (unpaired) electrons. The molecule has 1 aliphatic carbocycles. The van der Waals surface area contributed by atoms with Gasteiger partial charge < -0.3 is 9.84 Å². The Kier molecular flexibility index (Phi) is 3.23. The first-order valence-corrected chi connectivity index (χ1v) is 6.83. The largest absolute Gasteiger partial charge is 0.389 e. The highest BCUT2D eigenvalue weighted by molar-refractivity contribution is 5.56. The number of hydrogen-bond acceptors (Lipinski definition) is 2. The summed E-state index contributed by atoms with van der Waals surface area (Å²) < 4.78 is 5.48. The molecule has 0 bridgehead atoms. The van der Waals surface area contributed by atoms with Crippen molar-refractivity contribution in [2.45, 2.75) is 31.8 Å². The normalized spacial score (nSPS) is 28.9. The molecular formula is C16H20O2. The van der Waals surface area contributed by atoms with Gasteiger partial charge in [0.05, 0.1) is 6.10 Å². The number of rotatable bonds is 1. The van der Waals surface area contributed by atoms with E-state index in [0.717, 1.165) is 38.9 Å². The zero-order valence-corrected chi connectivity index (χ0v) is 10.6. The highest BCUT2D eigenvalue weighted by Crippen LogP contribution is 2.50. The van der Waals surface area contributed by atoms with E-state index in [1.54, 1.807) is 0 Å². The van der Waals surface area contributed by atoms with Gasteiger partial charge in [-0.1, -0.05) is 36.4 Å². The summed E-state index contributed by atoms with van der Waals surface area (Å²) in [5.74, 6) is 0. The lowest BCUT2D eigenvalue weighted by atomic mass is 9.75. The molecule has 1 saturated carbocycles. The third-order valence-corrected chi connectivity index (χ3v) is 4.44. The second-order valence-corrected chi connectivity index (χ2v) is 5.46. The molecule has 96 valence electrons. The van der Waals surface area contributed by atoms with Crippen LogP contribution in [0.25, 0.3) is 6.08 Å². The predicted octanol–water partition coefficient (Wildman–Crippen LogP) is 3.02. The van der Waals surface area contributed by atoms with E-state index >= 15 is 0 Å². The lowest BCUT2D eigenvalue weighted by Gasteiger charge is -2.35.